The highest BCUT2D eigenvalue weighted by Gasteiger charge is 2.45. The van der Waals surface area contributed by atoms with Gasteiger partial charge in [0, 0.05) is 25.1 Å². The van der Waals surface area contributed by atoms with Crippen LogP contribution >= 0.6 is 0 Å². The Morgan fingerprint density at radius 3 is 3.05 bits per heavy atom. The molecule has 20 heavy (non-hydrogen) atoms. The van der Waals surface area contributed by atoms with Gasteiger partial charge in [-0.2, -0.15) is 0 Å². The highest BCUT2D eigenvalue weighted by molar-refractivity contribution is 5.74. The van der Waals surface area contributed by atoms with E-state index in [2.05, 4.69) is 10.6 Å². The molecule has 4 nitrogen and oxygen atoms in total. The van der Waals surface area contributed by atoms with E-state index in [1.807, 2.05) is 0 Å². The fraction of sp³-hybridized carbons (Fsp3) is 0.533. The highest BCUT2D eigenvalue weighted by Crippen LogP contribution is 2.38. The molecule has 0 radical (unpaired) electrons. The normalized spacial score (nSPS) is 27.6. The Kier molecular flexibility index (Phi) is 3.87. The molecule has 0 spiro atoms. The van der Waals surface area contributed by atoms with Gasteiger partial charge in [0.2, 0.25) is 0 Å². The predicted molar refractivity (Wildman–Crippen MR) is 72.9 cm³/mol. The molecule has 2 amide bonds. The van der Waals surface area contributed by atoms with Crippen molar-refractivity contribution in [3.63, 3.8) is 0 Å². The summed E-state index contributed by atoms with van der Waals surface area (Å²) >= 11 is 0. The number of amides is 2. The van der Waals surface area contributed by atoms with Gasteiger partial charge in [-0.05, 0) is 30.9 Å². The van der Waals surface area contributed by atoms with Gasteiger partial charge in [0.25, 0.3) is 0 Å². The Labute approximate surface area is 117 Å². The van der Waals surface area contributed by atoms with Gasteiger partial charge in [-0.3, -0.25) is 0 Å². The predicted octanol–water partition coefficient (Wildman–Crippen LogP) is 1.84. The molecule has 5 heteroatoms. The van der Waals surface area contributed by atoms with Crippen LogP contribution in [0.5, 0.6) is 0 Å². The molecule has 2 fully saturated rings. The standard InChI is InChI=1S/C15H19FN2O2/c16-12-4-2-1-3-10(12)5-7-17-15(19)18-13-9-14-11(13)6-8-20-14/h1-4,11,13-14H,5-9H2,(H2,17,18,19)/t11-,13+,14+/m0/s1. The maximum absolute atomic E-state index is 13.4. The molecule has 3 atom stereocenters. The number of hydrogen-bond donors (Lipinski definition) is 2. The number of rotatable bonds is 4. The van der Waals surface area contributed by atoms with Crippen molar-refractivity contribution in [1.29, 1.82) is 0 Å². The van der Waals surface area contributed by atoms with Crippen LogP contribution in [0, 0.1) is 11.7 Å². The minimum atomic E-state index is -0.223. The first-order chi connectivity index (χ1) is 9.74. The largest absolute Gasteiger partial charge is 0.378 e. The van der Waals surface area contributed by atoms with Crippen LogP contribution in [0.15, 0.2) is 24.3 Å². The quantitative estimate of drug-likeness (QED) is 0.883. The summed E-state index contributed by atoms with van der Waals surface area (Å²) in [6.07, 6.45) is 2.79. The van der Waals surface area contributed by atoms with E-state index in [0.717, 1.165) is 19.4 Å². The third-order valence-electron chi connectivity index (χ3n) is 4.22. The summed E-state index contributed by atoms with van der Waals surface area (Å²) in [4.78, 5) is 11.8. The van der Waals surface area contributed by atoms with Crippen LogP contribution in [-0.4, -0.2) is 31.3 Å². The Morgan fingerprint density at radius 1 is 1.40 bits per heavy atom. The zero-order valence-corrected chi connectivity index (χ0v) is 11.3. The van der Waals surface area contributed by atoms with Crippen LogP contribution in [0.3, 0.4) is 0 Å². The number of halogens is 1. The van der Waals surface area contributed by atoms with E-state index in [0.29, 0.717) is 30.6 Å². The first kappa shape index (κ1) is 13.4. The number of urea groups is 1. The van der Waals surface area contributed by atoms with Crippen molar-refractivity contribution in [3.05, 3.63) is 35.6 Å². The molecular weight excluding hydrogens is 259 g/mol. The van der Waals surface area contributed by atoms with Crippen molar-refractivity contribution < 1.29 is 13.9 Å². The zero-order chi connectivity index (χ0) is 13.9. The number of hydrogen-bond acceptors (Lipinski definition) is 2. The molecule has 2 aliphatic rings. The van der Waals surface area contributed by atoms with Crippen molar-refractivity contribution in [2.45, 2.75) is 31.4 Å². The number of ether oxygens (including phenoxy) is 1. The summed E-state index contributed by atoms with van der Waals surface area (Å²) in [6, 6.07) is 6.70. The minimum Gasteiger partial charge on any atom is -0.378 e. The fourth-order valence-electron chi connectivity index (χ4n) is 2.99. The van der Waals surface area contributed by atoms with Crippen LogP contribution in [-0.2, 0) is 11.2 Å². The molecule has 108 valence electrons. The summed E-state index contributed by atoms with van der Waals surface area (Å²) in [5.41, 5.74) is 0.626. The number of fused-ring (bicyclic) bond motifs is 1. The van der Waals surface area contributed by atoms with Crippen molar-refractivity contribution in [3.8, 4) is 0 Å². The molecule has 1 aromatic carbocycles. The SMILES string of the molecule is O=C(NCCc1ccccc1F)N[C@@H]1C[C@H]2OCC[C@@H]12. The zero-order valence-electron chi connectivity index (χ0n) is 11.3. The van der Waals surface area contributed by atoms with Gasteiger partial charge in [-0.1, -0.05) is 18.2 Å². The third kappa shape index (κ3) is 2.77. The number of carbonyl (C=O) groups is 1. The summed E-state index contributed by atoms with van der Waals surface area (Å²) in [7, 11) is 0. The van der Waals surface area contributed by atoms with E-state index >= 15 is 0 Å². The molecule has 2 N–H and O–H groups in total. The third-order valence-corrected chi connectivity index (χ3v) is 4.22. The topological polar surface area (TPSA) is 50.4 Å². The Hall–Kier alpha value is -1.62. The van der Waals surface area contributed by atoms with Crippen LogP contribution in [0.25, 0.3) is 0 Å². The smallest absolute Gasteiger partial charge is 0.315 e. The van der Waals surface area contributed by atoms with E-state index in [4.69, 9.17) is 4.74 Å². The summed E-state index contributed by atoms with van der Waals surface area (Å²) in [5, 5.41) is 5.74. The van der Waals surface area contributed by atoms with Gasteiger partial charge in [0.1, 0.15) is 5.82 Å². The van der Waals surface area contributed by atoms with Crippen molar-refractivity contribution in [2.24, 2.45) is 5.92 Å². The van der Waals surface area contributed by atoms with Gasteiger partial charge in [-0.25, -0.2) is 9.18 Å². The Morgan fingerprint density at radius 2 is 2.25 bits per heavy atom. The summed E-state index contributed by atoms with van der Waals surface area (Å²) < 4.78 is 18.9. The maximum atomic E-state index is 13.4. The summed E-state index contributed by atoms with van der Waals surface area (Å²) in [5.74, 6) is 0.256. The lowest BCUT2D eigenvalue weighted by Gasteiger charge is -2.39. The average molecular weight is 278 g/mol. The molecule has 0 aromatic heterocycles. The van der Waals surface area contributed by atoms with Crippen LogP contribution in [0.2, 0.25) is 0 Å². The van der Waals surface area contributed by atoms with Gasteiger partial charge < -0.3 is 15.4 Å². The van der Waals surface area contributed by atoms with E-state index in [1.54, 1.807) is 18.2 Å². The van der Waals surface area contributed by atoms with Gasteiger partial charge in [0.15, 0.2) is 0 Å². The second-order valence-electron chi connectivity index (χ2n) is 5.45. The molecule has 1 saturated carbocycles. The first-order valence-electron chi connectivity index (χ1n) is 7.13. The molecule has 0 unspecified atom stereocenters. The minimum absolute atomic E-state index is 0.170. The van der Waals surface area contributed by atoms with Crippen molar-refractivity contribution in [1.82, 2.24) is 10.6 Å². The van der Waals surface area contributed by atoms with Gasteiger partial charge in [-0.15, -0.1) is 0 Å². The fourth-order valence-corrected chi connectivity index (χ4v) is 2.99. The van der Waals surface area contributed by atoms with E-state index in [1.165, 1.54) is 6.07 Å². The Balaban J connectivity index is 1.38. The highest BCUT2D eigenvalue weighted by atomic mass is 19.1. The van der Waals surface area contributed by atoms with Crippen molar-refractivity contribution in [2.75, 3.05) is 13.2 Å². The molecule has 1 heterocycles. The Bertz CT molecular complexity index is 495. The number of carbonyl (C=O) groups excluding carboxylic acids is 1. The van der Waals surface area contributed by atoms with Gasteiger partial charge >= 0.3 is 6.03 Å². The van der Waals surface area contributed by atoms with E-state index < -0.39 is 0 Å². The molecule has 0 bridgehead atoms. The van der Waals surface area contributed by atoms with Crippen LogP contribution in [0.1, 0.15) is 18.4 Å². The van der Waals surface area contributed by atoms with E-state index in [9.17, 15) is 9.18 Å². The van der Waals surface area contributed by atoms with Gasteiger partial charge in [0.05, 0.1) is 6.10 Å². The van der Waals surface area contributed by atoms with E-state index in [-0.39, 0.29) is 17.9 Å². The van der Waals surface area contributed by atoms with Crippen molar-refractivity contribution >= 4 is 6.03 Å². The van der Waals surface area contributed by atoms with Crippen LogP contribution in [0.4, 0.5) is 9.18 Å². The number of nitrogens with one attached hydrogen (secondary N) is 2. The molecule has 1 aliphatic carbocycles. The second kappa shape index (κ2) is 5.79. The second-order valence-corrected chi connectivity index (χ2v) is 5.45. The van der Waals surface area contributed by atoms with Crippen LogP contribution < -0.4 is 10.6 Å². The molecule has 1 saturated heterocycles. The molecule has 1 aromatic rings. The maximum Gasteiger partial charge on any atom is 0.315 e. The average Bonchev–Trinajstić information content (AvgIpc) is 2.80. The lowest BCUT2D eigenvalue weighted by molar-refractivity contribution is 0.0109. The lowest BCUT2D eigenvalue weighted by Crippen LogP contribution is -2.55. The monoisotopic (exact) mass is 278 g/mol. The first-order valence-corrected chi connectivity index (χ1v) is 7.13. The summed E-state index contributed by atoms with van der Waals surface area (Å²) in [6.45, 7) is 1.24. The molecule has 3 rings (SSSR count). The lowest BCUT2D eigenvalue weighted by atomic mass is 9.76. The molecule has 1 aliphatic heterocycles. The number of benzene rings is 1. The molecular formula is C15H19FN2O2.